The Morgan fingerprint density at radius 1 is 1.62 bits per heavy atom. The molecule has 2 heterocycles. The molecule has 5 unspecified atom stereocenters. The van der Waals surface area contributed by atoms with Gasteiger partial charge in [0.2, 0.25) is 0 Å². The molecule has 4 nitrogen and oxygen atoms in total. The van der Waals surface area contributed by atoms with E-state index in [9.17, 15) is 9.59 Å². The van der Waals surface area contributed by atoms with Crippen LogP contribution in [0.3, 0.4) is 0 Å². The maximum atomic E-state index is 11.4. The van der Waals surface area contributed by atoms with Gasteiger partial charge in [-0.2, -0.15) is 0 Å². The molecule has 0 radical (unpaired) electrons. The zero-order valence-electron chi connectivity index (χ0n) is 7.43. The van der Waals surface area contributed by atoms with Gasteiger partial charge in [-0.25, -0.2) is 4.79 Å². The zero-order chi connectivity index (χ0) is 9.38. The van der Waals surface area contributed by atoms with Crippen molar-refractivity contribution in [1.29, 1.82) is 0 Å². The van der Waals surface area contributed by atoms with Crippen molar-refractivity contribution in [1.82, 2.24) is 0 Å². The number of carboxylic acid groups (broad SMARTS) is 1. The molecule has 4 heteroatoms. The summed E-state index contributed by atoms with van der Waals surface area (Å²) in [4.78, 5) is 22.2. The largest absolute Gasteiger partial charge is 0.481 e. The number of carbonyl (C=O) groups is 2. The third kappa shape index (κ3) is 0.601. The first-order valence-corrected chi connectivity index (χ1v) is 4.69. The predicted octanol–water partition coefficient (Wildman–Crippen LogP) is -0.165. The summed E-state index contributed by atoms with van der Waals surface area (Å²) in [5, 5.41) is 8.87. The third-order valence-corrected chi connectivity index (χ3v) is 4.28. The molecule has 1 amide bonds. The van der Waals surface area contributed by atoms with Crippen LogP contribution in [-0.4, -0.2) is 40.6 Å². The lowest BCUT2D eigenvalue weighted by atomic mass is 9.95. The Labute approximate surface area is 75.7 Å². The van der Waals surface area contributed by atoms with Gasteiger partial charge in [0.1, 0.15) is 24.4 Å². The summed E-state index contributed by atoms with van der Waals surface area (Å²) in [7, 11) is 1.91. The predicted molar refractivity (Wildman–Crippen MR) is 42.6 cm³/mol. The van der Waals surface area contributed by atoms with Crippen molar-refractivity contribution >= 4 is 11.9 Å². The van der Waals surface area contributed by atoms with E-state index in [-0.39, 0.29) is 17.9 Å². The maximum Gasteiger partial charge on any atom is 0.320 e. The van der Waals surface area contributed by atoms with Crippen molar-refractivity contribution in [3.05, 3.63) is 0 Å². The van der Waals surface area contributed by atoms with E-state index in [2.05, 4.69) is 0 Å². The smallest absolute Gasteiger partial charge is 0.320 e. The van der Waals surface area contributed by atoms with E-state index in [0.29, 0.717) is 22.9 Å². The number of carbonyl (C=O) groups excluding carboxylic acids is 1. The number of piperidine rings is 1. The molecule has 1 N–H and O–H groups in total. The SMILES string of the molecule is C[N+]12C(=O)CC1CC1C(C(=O)O)C12. The molecular weight excluding hydrogens is 170 g/mol. The van der Waals surface area contributed by atoms with Crippen LogP contribution in [0.1, 0.15) is 12.8 Å². The molecule has 0 aromatic heterocycles. The standard InChI is InChI=1S/C9H11NO3/c1-10-4(3-6(10)11)2-5-7(8(5)10)9(12)13/h4-5,7-8H,2-3H2,1H3/p+1. The highest BCUT2D eigenvalue weighted by Gasteiger charge is 2.78. The number of aliphatic carboxylic acids is 1. The van der Waals surface area contributed by atoms with Crippen LogP contribution in [0, 0.1) is 11.8 Å². The van der Waals surface area contributed by atoms with Gasteiger partial charge in [-0.1, -0.05) is 0 Å². The van der Waals surface area contributed by atoms with E-state index in [1.807, 2.05) is 7.05 Å². The van der Waals surface area contributed by atoms with Gasteiger partial charge >= 0.3 is 11.9 Å². The van der Waals surface area contributed by atoms with Crippen LogP contribution in [-0.2, 0) is 9.59 Å². The second-order valence-corrected chi connectivity index (χ2v) is 4.65. The molecule has 1 saturated carbocycles. The maximum absolute atomic E-state index is 11.4. The number of amides is 1. The quantitative estimate of drug-likeness (QED) is 0.452. The first-order chi connectivity index (χ1) is 6.06. The Balaban J connectivity index is 1.91. The Hall–Kier alpha value is -0.900. The number of fused-ring (bicyclic) bond motifs is 3. The normalized spacial score (nSPS) is 56.5. The highest BCUT2D eigenvalue weighted by Crippen LogP contribution is 2.61. The lowest BCUT2D eigenvalue weighted by Gasteiger charge is -2.44. The first-order valence-electron chi connectivity index (χ1n) is 4.69. The van der Waals surface area contributed by atoms with Gasteiger partial charge in [0.05, 0.1) is 7.05 Å². The number of carboxylic acids is 1. The average molecular weight is 182 g/mol. The second kappa shape index (κ2) is 1.80. The summed E-state index contributed by atoms with van der Waals surface area (Å²) in [6.07, 6.45) is 1.62. The Bertz CT molecular complexity index is 327. The van der Waals surface area contributed by atoms with Gasteiger partial charge in [0.15, 0.2) is 0 Å². The molecule has 0 bridgehead atoms. The second-order valence-electron chi connectivity index (χ2n) is 4.65. The van der Waals surface area contributed by atoms with Crippen LogP contribution in [0.25, 0.3) is 0 Å². The molecule has 0 aromatic carbocycles. The van der Waals surface area contributed by atoms with Crippen LogP contribution in [0.4, 0.5) is 0 Å². The van der Waals surface area contributed by atoms with Gasteiger partial charge in [-0.05, 0) is 0 Å². The van der Waals surface area contributed by atoms with Crippen molar-refractivity contribution in [3.63, 3.8) is 0 Å². The molecule has 1 aliphatic carbocycles. The van der Waals surface area contributed by atoms with E-state index >= 15 is 0 Å². The molecular formula is C9H12NO3+. The number of hydrogen-bond donors (Lipinski definition) is 1. The van der Waals surface area contributed by atoms with Crippen molar-refractivity contribution in [3.8, 4) is 0 Å². The summed E-state index contributed by atoms with van der Waals surface area (Å²) >= 11 is 0. The topological polar surface area (TPSA) is 54.4 Å². The number of quaternary nitrogens is 1. The number of hydrogen-bond acceptors (Lipinski definition) is 2. The molecule has 70 valence electrons. The zero-order valence-corrected chi connectivity index (χ0v) is 7.43. The summed E-state index contributed by atoms with van der Waals surface area (Å²) in [6, 6.07) is 0.557. The van der Waals surface area contributed by atoms with Crippen molar-refractivity contribution in [2.24, 2.45) is 11.8 Å². The van der Waals surface area contributed by atoms with Crippen LogP contribution in [0.2, 0.25) is 0 Å². The summed E-state index contributed by atoms with van der Waals surface area (Å²) in [6.45, 7) is 0. The van der Waals surface area contributed by atoms with E-state index in [1.165, 1.54) is 0 Å². The first kappa shape index (κ1) is 7.50. The van der Waals surface area contributed by atoms with Crippen molar-refractivity contribution < 1.29 is 19.2 Å². The molecule has 0 spiro atoms. The van der Waals surface area contributed by atoms with Crippen molar-refractivity contribution in [2.75, 3.05) is 7.05 Å². The molecule has 0 aromatic rings. The molecule has 3 aliphatic rings. The van der Waals surface area contributed by atoms with Gasteiger partial charge < -0.3 is 5.11 Å². The summed E-state index contributed by atoms with van der Waals surface area (Å²) in [5.74, 6) is -0.418. The van der Waals surface area contributed by atoms with Gasteiger partial charge in [0.25, 0.3) is 0 Å². The van der Waals surface area contributed by atoms with Crippen LogP contribution < -0.4 is 0 Å². The van der Waals surface area contributed by atoms with Gasteiger partial charge in [-0.3, -0.25) is 9.28 Å². The molecule has 2 aliphatic heterocycles. The highest BCUT2D eigenvalue weighted by molar-refractivity contribution is 5.80. The third-order valence-electron chi connectivity index (χ3n) is 4.28. The number of β-lactam (4-membered cyclic amide) rings is 1. The van der Waals surface area contributed by atoms with E-state index in [4.69, 9.17) is 5.11 Å². The molecule has 3 rings (SSSR count). The number of nitrogens with zero attached hydrogens (tertiary/aromatic N) is 1. The number of rotatable bonds is 1. The van der Waals surface area contributed by atoms with Crippen LogP contribution in [0.15, 0.2) is 0 Å². The summed E-state index contributed by atoms with van der Waals surface area (Å²) < 4.78 is 0.432. The van der Waals surface area contributed by atoms with Crippen molar-refractivity contribution in [2.45, 2.75) is 24.9 Å². The fraction of sp³-hybridized carbons (Fsp3) is 0.778. The van der Waals surface area contributed by atoms with E-state index < -0.39 is 5.97 Å². The molecule has 13 heavy (non-hydrogen) atoms. The fourth-order valence-corrected chi connectivity index (χ4v) is 3.41. The fourth-order valence-electron chi connectivity index (χ4n) is 3.41. The Morgan fingerprint density at radius 3 is 2.85 bits per heavy atom. The van der Waals surface area contributed by atoms with Crippen LogP contribution in [0.5, 0.6) is 0 Å². The van der Waals surface area contributed by atoms with E-state index in [0.717, 1.165) is 6.42 Å². The van der Waals surface area contributed by atoms with Gasteiger partial charge in [-0.15, -0.1) is 0 Å². The molecule has 3 fully saturated rings. The minimum Gasteiger partial charge on any atom is -0.481 e. The highest BCUT2D eigenvalue weighted by atomic mass is 16.4. The summed E-state index contributed by atoms with van der Waals surface area (Å²) in [5.41, 5.74) is 0. The minimum atomic E-state index is -0.715. The molecule has 2 saturated heterocycles. The monoisotopic (exact) mass is 182 g/mol. The minimum absolute atomic E-state index is 0.115. The van der Waals surface area contributed by atoms with Gasteiger partial charge in [0, 0.05) is 12.3 Å². The lowest BCUT2D eigenvalue weighted by Crippen LogP contribution is -2.66. The van der Waals surface area contributed by atoms with E-state index in [1.54, 1.807) is 0 Å². The Morgan fingerprint density at radius 2 is 2.31 bits per heavy atom. The lowest BCUT2D eigenvalue weighted by molar-refractivity contribution is -0.890. The average Bonchev–Trinajstić information content (AvgIpc) is 2.72. The van der Waals surface area contributed by atoms with Crippen LogP contribution >= 0.6 is 0 Å². The molecule has 5 atom stereocenters. The Kier molecular flexibility index (Phi) is 1.04.